The number of aromatic amines is 1. The van der Waals surface area contributed by atoms with Gasteiger partial charge in [0, 0.05) is 25.3 Å². The van der Waals surface area contributed by atoms with Crippen molar-refractivity contribution in [3.63, 3.8) is 0 Å². The van der Waals surface area contributed by atoms with E-state index in [0.29, 0.717) is 13.2 Å². The van der Waals surface area contributed by atoms with Crippen LogP contribution in [0.25, 0.3) is 11.0 Å². The number of ether oxygens (including phenoxy) is 1. The first-order valence-electron chi connectivity index (χ1n) is 7.92. The van der Waals surface area contributed by atoms with Gasteiger partial charge in [-0.25, -0.2) is 9.97 Å². The first-order chi connectivity index (χ1) is 12.0. The van der Waals surface area contributed by atoms with Crippen LogP contribution in [0, 0.1) is 0 Å². The molecule has 4 rings (SSSR count). The number of halogens is 3. The van der Waals surface area contributed by atoms with Gasteiger partial charge in [0.15, 0.2) is 0 Å². The molecular weight excluding hydrogens is 339 g/mol. The van der Waals surface area contributed by atoms with Gasteiger partial charge >= 0.3 is 6.18 Å². The third kappa shape index (κ3) is 4.38. The van der Waals surface area contributed by atoms with Crippen LogP contribution in [0.5, 0.6) is 0 Å². The number of anilines is 1. The largest absolute Gasteiger partial charge is 0.418 e. The molecule has 136 valence electrons. The molecule has 3 heterocycles. The lowest BCUT2D eigenvalue weighted by atomic mass is 10.2. The number of H-pyrrole nitrogens is 1. The van der Waals surface area contributed by atoms with Crippen LogP contribution in [-0.4, -0.2) is 58.6 Å². The Morgan fingerprint density at radius 1 is 1.28 bits per heavy atom. The summed E-state index contributed by atoms with van der Waals surface area (Å²) in [7, 11) is 0. The molecule has 1 saturated heterocycles. The minimum Gasteiger partial charge on any atom is -0.378 e. The molecule has 1 aliphatic heterocycles. The molecule has 0 radical (unpaired) electrons. The number of fused-ring (bicyclic) bond motifs is 1. The van der Waals surface area contributed by atoms with E-state index in [9.17, 15) is 18.0 Å². The number of carbonyl (C=O) groups is 1. The van der Waals surface area contributed by atoms with Crippen molar-refractivity contribution >= 4 is 23.3 Å². The zero-order valence-electron chi connectivity index (χ0n) is 13.3. The van der Waals surface area contributed by atoms with Crippen LogP contribution in [-0.2, 0) is 15.7 Å². The van der Waals surface area contributed by atoms with Crippen LogP contribution in [0.1, 0.15) is 18.4 Å². The van der Waals surface area contributed by atoms with E-state index < -0.39 is 11.7 Å². The summed E-state index contributed by atoms with van der Waals surface area (Å²) in [6, 6.07) is 0.240. The standard InChI is InChI=1S/C10H9F3N4.C5H9NO2/c11-10(12,13)6-3-14-8-7(6)9(16-4-15-8)17-5-1-2-5;7-5-6-1-3-8-4-2-6/h3-5H,1-2H2,(H2,14,15,16,17);5H,1-4H2. The summed E-state index contributed by atoms with van der Waals surface area (Å²) in [4.78, 5) is 21.9. The summed E-state index contributed by atoms with van der Waals surface area (Å²) in [5.41, 5.74) is -0.522. The number of hydrogen-bond donors (Lipinski definition) is 2. The average Bonchev–Trinajstić information content (AvgIpc) is 3.30. The SMILES string of the molecule is FC(F)(F)c1c[nH]c2ncnc(NC3CC3)c12.O=CN1CCOCC1. The van der Waals surface area contributed by atoms with Gasteiger partial charge in [0.1, 0.15) is 17.8 Å². The average molecular weight is 357 g/mol. The Bertz CT molecular complexity index is 724. The van der Waals surface area contributed by atoms with Gasteiger partial charge in [-0.2, -0.15) is 13.2 Å². The first-order valence-corrected chi connectivity index (χ1v) is 7.92. The molecule has 2 aromatic rings. The Kier molecular flexibility index (Phi) is 5.07. The predicted molar refractivity (Wildman–Crippen MR) is 84.0 cm³/mol. The Morgan fingerprint density at radius 2 is 2.00 bits per heavy atom. The second-order valence-corrected chi connectivity index (χ2v) is 5.82. The van der Waals surface area contributed by atoms with E-state index in [1.54, 1.807) is 4.90 Å². The topological polar surface area (TPSA) is 83.1 Å². The smallest absolute Gasteiger partial charge is 0.378 e. The molecule has 1 amide bonds. The van der Waals surface area contributed by atoms with E-state index in [0.717, 1.165) is 38.5 Å². The number of nitrogens with one attached hydrogen (secondary N) is 2. The van der Waals surface area contributed by atoms with Gasteiger partial charge in [-0.3, -0.25) is 4.79 Å². The van der Waals surface area contributed by atoms with Gasteiger partial charge in [0.25, 0.3) is 0 Å². The summed E-state index contributed by atoms with van der Waals surface area (Å²) in [5.74, 6) is 0.256. The highest BCUT2D eigenvalue weighted by atomic mass is 19.4. The van der Waals surface area contributed by atoms with Crippen LogP contribution in [0.4, 0.5) is 19.0 Å². The molecule has 7 nitrogen and oxygen atoms in total. The normalized spacial score (nSPS) is 17.8. The molecule has 2 N–H and O–H groups in total. The second kappa shape index (κ2) is 7.26. The maximum atomic E-state index is 12.8. The van der Waals surface area contributed by atoms with E-state index in [1.807, 2.05) is 0 Å². The van der Waals surface area contributed by atoms with E-state index >= 15 is 0 Å². The molecule has 2 fully saturated rings. The molecule has 10 heteroatoms. The number of carbonyl (C=O) groups excluding carboxylic acids is 1. The third-order valence-electron chi connectivity index (χ3n) is 3.89. The maximum absolute atomic E-state index is 12.8. The fraction of sp³-hybridized carbons (Fsp3) is 0.533. The highest BCUT2D eigenvalue weighted by Crippen LogP contribution is 2.37. The van der Waals surface area contributed by atoms with Gasteiger partial charge in [0.05, 0.1) is 24.2 Å². The fourth-order valence-corrected chi connectivity index (χ4v) is 2.40. The molecule has 25 heavy (non-hydrogen) atoms. The molecular formula is C15H18F3N5O2. The van der Waals surface area contributed by atoms with Crippen LogP contribution < -0.4 is 5.32 Å². The van der Waals surface area contributed by atoms with E-state index in [1.165, 1.54) is 6.33 Å². The number of nitrogens with zero attached hydrogens (tertiary/aromatic N) is 3. The third-order valence-corrected chi connectivity index (χ3v) is 3.89. The number of hydrogen-bond acceptors (Lipinski definition) is 5. The summed E-state index contributed by atoms with van der Waals surface area (Å²) in [6.45, 7) is 2.89. The van der Waals surface area contributed by atoms with Crippen molar-refractivity contribution in [2.45, 2.75) is 25.1 Å². The minimum absolute atomic E-state index is 0.0203. The van der Waals surface area contributed by atoms with E-state index in [2.05, 4.69) is 20.3 Å². The maximum Gasteiger partial charge on any atom is 0.418 e. The molecule has 1 saturated carbocycles. The van der Waals surface area contributed by atoms with Crippen molar-refractivity contribution in [3.8, 4) is 0 Å². The number of aromatic nitrogens is 3. The molecule has 1 aliphatic carbocycles. The van der Waals surface area contributed by atoms with Gasteiger partial charge < -0.3 is 19.9 Å². The number of rotatable bonds is 3. The zero-order valence-corrected chi connectivity index (χ0v) is 13.3. The number of alkyl halides is 3. The molecule has 0 bridgehead atoms. The molecule has 0 aromatic carbocycles. The monoisotopic (exact) mass is 357 g/mol. The van der Waals surface area contributed by atoms with Crippen molar-refractivity contribution in [1.29, 1.82) is 0 Å². The number of morpholine rings is 1. The molecule has 0 atom stereocenters. The van der Waals surface area contributed by atoms with Crippen LogP contribution >= 0.6 is 0 Å². The Balaban J connectivity index is 0.000000192. The summed E-state index contributed by atoms with van der Waals surface area (Å²) >= 11 is 0. The van der Waals surface area contributed by atoms with Crippen molar-refractivity contribution < 1.29 is 22.7 Å². The lowest BCUT2D eigenvalue weighted by molar-refractivity contribution is -0.136. The highest BCUT2D eigenvalue weighted by molar-refractivity contribution is 5.91. The Labute approximate surface area is 141 Å². The van der Waals surface area contributed by atoms with Crippen LogP contribution in [0.2, 0.25) is 0 Å². The molecule has 2 aromatic heterocycles. The highest BCUT2D eigenvalue weighted by Gasteiger charge is 2.36. The predicted octanol–water partition coefficient (Wildman–Crippen LogP) is 2.03. The van der Waals surface area contributed by atoms with E-state index in [-0.39, 0.29) is 22.9 Å². The fourth-order valence-electron chi connectivity index (χ4n) is 2.40. The summed E-state index contributed by atoms with van der Waals surface area (Å²) < 4.78 is 43.3. The molecule has 0 spiro atoms. The first kappa shape index (κ1) is 17.5. The minimum atomic E-state index is -4.40. The van der Waals surface area contributed by atoms with Gasteiger partial charge in [-0.05, 0) is 12.8 Å². The zero-order chi connectivity index (χ0) is 17.9. The quantitative estimate of drug-likeness (QED) is 0.822. The van der Waals surface area contributed by atoms with Gasteiger partial charge in [-0.15, -0.1) is 0 Å². The van der Waals surface area contributed by atoms with Crippen molar-refractivity contribution in [2.75, 3.05) is 31.6 Å². The van der Waals surface area contributed by atoms with Crippen molar-refractivity contribution in [3.05, 3.63) is 18.1 Å². The molecule has 2 aliphatic rings. The lowest BCUT2D eigenvalue weighted by Crippen LogP contribution is -2.34. The van der Waals surface area contributed by atoms with E-state index in [4.69, 9.17) is 4.74 Å². The van der Waals surface area contributed by atoms with Crippen molar-refractivity contribution in [1.82, 2.24) is 19.9 Å². The second-order valence-electron chi connectivity index (χ2n) is 5.82. The van der Waals surface area contributed by atoms with Gasteiger partial charge in [-0.1, -0.05) is 0 Å². The van der Waals surface area contributed by atoms with Crippen molar-refractivity contribution in [2.24, 2.45) is 0 Å². The molecule has 0 unspecified atom stereocenters. The Hall–Kier alpha value is -2.36. The summed E-state index contributed by atoms with van der Waals surface area (Å²) in [6.07, 6.45) is 0.584. The number of amides is 1. The summed E-state index contributed by atoms with van der Waals surface area (Å²) in [5, 5.41) is 3.01. The van der Waals surface area contributed by atoms with Crippen LogP contribution in [0.3, 0.4) is 0 Å². The van der Waals surface area contributed by atoms with Gasteiger partial charge in [0.2, 0.25) is 6.41 Å². The Morgan fingerprint density at radius 3 is 2.56 bits per heavy atom. The van der Waals surface area contributed by atoms with Crippen LogP contribution in [0.15, 0.2) is 12.5 Å². The lowest BCUT2D eigenvalue weighted by Gasteiger charge is -2.21.